The second-order valence-corrected chi connectivity index (χ2v) is 1.60. The van der Waals surface area contributed by atoms with Crippen LogP contribution in [0.3, 0.4) is 0 Å². The highest BCUT2D eigenvalue weighted by atomic mass is 32.1. The van der Waals surface area contributed by atoms with Crippen molar-refractivity contribution in [3.63, 3.8) is 0 Å². The topological polar surface area (TPSA) is 55.5 Å². The summed E-state index contributed by atoms with van der Waals surface area (Å²) in [6, 6.07) is -0.159. The molecule has 0 bridgehead atoms. The van der Waals surface area contributed by atoms with Gasteiger partial charge in [-0.05, 0) is 0 Å². The summed E-state index contributed by atoms with van der Waals surface area (Å²) in [5.74, 6) is 0.528. The van der Waals surface area contributed by atoms with Crippen molar-refractivity contribution in [1.82, 2.24) is 0 Å². The van der Waals surface area contributed by atoms with Gasteiger partial charge in [0, 0.05) is 11.8 Å². The van der Waals surface area contributed by atoms with E-state index in [1.807, 2.05) is 0 Å². The minimum atomic E-state index is -0.159. The Morgan fingerprint density at radius 3 is 2.57 bits per heavy atom. The average molecular weight is 123 g/mol. The Morgan fingerprint density at radius 2 is 2.43 bits per heavy atom. The first-order valence-corrected chi connectivity index (χ1v) is 2.57. The third-order valence-electron chi connectivity index (χ3n) is 0.523. The molecular weight excluding hydrogens is 114 g/mol. The molecule has 0 aromatic rings. The summed E-state index contributed by atoms with van der Waals surface area (Å²) >= 11 is 3.83. The van der Waals surface area contributed by atoms with Gasteiger partial charge in [-0.1, -0.05) is 0 Å². The Labute approximate surface area is 47.8 Å². The number of rotatable bonds is 3. The third kappa shape index (κ3) is 4.08. The van der Waals surface area contributed by atoms with Crippen LogP contribution in [0.2, 0.25) is 0 Å². The molecule has 0 aromatic heterocycles. The van der Waals surface area contributed by atoms with Gasteiger partial charge in [0.2, 0.25) is 0 Å². The molecule has 44 valence electrons. The fourth-order valence-corrected chi connectivity index (χ4v) is 0.254. The van der Waals surface area contributed by atoms with Crippen molar-refractivity contribution >= 4 is 12.6 Å². The van der Waals surface area contributed by atoms with E-state index < -0.39 is 0 Å². The zero-order valence-corrected chi connectivity index (χ0v) is 4.77. The molecule has 0 radical (unpaired) electrons. The van der Waals surface area contributed by atoms with E-state index in [1.54, 1.807) is 0 Å². The Balaban J connectivity index is 2.83. The summed E-state index contributed by atoms with van der Waals surface area (Å²) in [4.78, 5) is 3.72. The maximum absolute atomic E-state index is 7.75. The van der Waals surface area contributed by atoms with Crippen LogP contribution in [0.1, 0.15) is 0 Å². The third-order valence-corrected chi connectivity index (χ3v) is 0.992. The molecule has 4 heteroatoms. The molecule has 0 aliphatic carbocycles. The average Bonchev–Trinajstić information content (AvgIpc) is 1.68. The summed E-state index contributed by atoms with van der Waals surface area (Å²) in [5, 5.41) is 7.75. The molecule has 0 aliphatic rings. The predicted molar refractivity (Wildman–Crippen MR) is 30.4 cm³/mol. The van der Waals surface area contributed by atoms with Crippen LogP contribution in [-0.2, 0) is 4.89 Å². The van der Waals surface area contributed by atoms with E-state index in [9.17, 15) is 0 Å². The molecule has 3 nitrogen and oxygen atoms in total. The van der Waals surface area contributed by atoms with E-state index in [2.05, 4.69) is 17.5 Å². The van der Waals surface area contributed by atoms with Crippen molar-refractivity contribution in [2.45, 2.75) is 6.04 Å². The van der Waals surface area contributed by atoms with E-state index in [1.165, 1.54) is 0 Å². The molecule has 0 aliphatic heterocycles. The molecule has 7 heavy (non-hydrogen) atoms. The summed E-state index contributed by atoms with van der Waals surface area (Å²) in [5.41, 5.74) is 5.22. The Bertz CT molecular complexity index is 43.9. The van der Waals surface area contributed by atoms with Crippen LogP contribution >= 0.6 is 12.6 Å². The van der Waals surface area contributed by atoms with Crippen molar-refractivity contribution < 1.29 is 10.1 Å². The highest BCUT2D eigenvalue weighted by Crippen LogP contribution is 1.81. The van der Waals surface area contributed by atoms with Gasteiger partial charge in [0.1, 0.15) is 0 Å². The lowest BCUT2D eigenvalue weighted by atomic mass is 10.4. The summed E-state index contributed by atoms with van der Waals surface area (Å²) in [6.07, 6.45) is 0. The predicted octanol–water partition coefficient (Wildman–Crippen LogP) is -0.267. The molecule has 1 atom stereocenters. The number of nitrogens with two attached hydrogens (primary N) is 1. The van der Waals surface area contributed by atoms with Crippen LogP contribution < -0.4 is 5.73 Å². The number of thiol groups is 1. The molecule has 0 amide bonds. The Morgan fingerprint density at radius 1 is 1.86 bits per heavy atom. The van der Waals surface area contributed by atoms with Gasteiger partial charge < -0.3 is 5.73 Å². The van der Waals surface area contributed by atoms with Gasteiger partial charge in [0.15, 0.2) is 0 Å². The van der Waals surface area contributed by atoms with E-state index in [0.29, 0.717) is 5.75 Å². The van der Waals surface area contributed by atoms with Gasteiger partial charge in [-0.3, -0.25) is 5.26 Å². The summed E-state index contributed by atoms with van der Waals surface area (Å²) in [6.45, 7) is 0.156. The normalized spacial score (nSPS) is 14.1. The molecule has 0 saturated heterocycles. The SMILES string of the molecule is NC(CS)COO. The van der Waals surface area contributed by atoms with Crippen molar-refractivity contribution in [2.75, 3.05) is 12.4 Å². The Hall–Kier alpha value is 0.230. The highest BCUT2D eigenvalue weighted by molar-refractivity contribution is 7.80. The maximum atomic E-state index is 7.75. The first-order valence-electron chi connectivity index (χ1n) is 1.94. The van der Waals surface area contributed by atoms with Crippen LogP contribution in [0.5, 0.6) is 0 Å². The summed E-state index contributed by atoms with van der Waals surface area (Å²) < 4.78 is 0. The zero-order chi connectivity index (χ0) is 5.70. The van der Waals surface area contributed by atoms with Gasteiger partial charge in [-0.2, -0.15) is 12.6 Å². The van der Waals surface area contributed by atoms with Crippen molar-refractivity contribution in [1.29, 1.82) is 0 Å². The van der Waals surface area contributed by atoms with Gasteiger partial charge in [0.25, 0.3) is 0 Å². The van der Waals surface area contributed by atoms with E-state index in [0.717, 1.165) is 0 Å². The number of hydrogen-bond donors (Lipinski definition) is 3. The maximum Gasteiger partial charge on any atom is 0.0978 e. The second kappa shape index (κ2) is 4.39. The minimum Gasteiger partial charge on any atom is -0.325 e. The molecule has 0 saturated carbocycles. The van der Waals surface area contributed by atoms with Crippen LogP contribution in [-0.4, -0.2) is 23.7 Å². The van der Waals surface area contributed by atoms with Crippen molar-refractivity contribution in [3.05, 3.63) is 0 Å². The first-order chi connectivity index (χ1) is 3.31. The second-order valence-electron chi connectivity index (χ2n) is 1.24. The molecule has 0 rings (SSSR count). The molecular formula is C3H9NO2S. The van der Waals surface area contributed by atoms with Gasteiger partial charge in [-0.15, -0.1) is 0 Å². The molecule has 1 unspecified atom stereocenters. The smallest absolute Gasteiger partial charge is 0.0978 e. The lowest BCUT2D eigenvalue weighted by Crippen LogP contribution is -2.27. The fraction of sp³-hybridized carbons (Fsp3) is 1.00. The minimum absolute atomic E-state index is 0.156. The number of hydrogen-bond acceptors (Lipinski definition) is 4. The molecule has 0 fully saturated rings. The van der Waals surface area contributed by atoms with Gasteiger partial charge in [0.05, 0.1) is 6.61 Å². The largest absolute Gasteiger partial charge is 0.325 e. The lowest BCUT2D eigenvalue weighted by molar-refractivity contribution is -0.244. The van der Waals surface area contributed by atoms with Crippen LogP contribution in [0.4, 0.5) is 0 Å². The van der Waals surface area contributed by atoms with Crippen LogP contribution in [0, 0.1) is 0 Å². The fourth-order valence-electron chi connectivity index (χ4n) is 0.148. The van der Waals surface area contributed by atoms with Gasteiger partial charge in [-0.25, -0.2) is 4.89 Å². The molecule has 0 heterocycles. The van der Waals surface area contributed by atoms with Gasteiger partial charge >= 0.3 is 0 Å². The van der Waals surface area contributed by atoms with Crippen molar-refractivity contribution in [2.24, 2.45) is 5.73 Å². The van der Waals surface area contributed by atoms with E-state index >= 15 is 0 Å². The quantitative estimate of drug-likeness (QED) is 0.275. The molecule has 3 N–H and O–H groups in total. The highest BCUT2D eigenvalue weighted by Gasteiger charge is 1.95. The van der Waals surface area contributed by atoms with E-state index in [4.69, 9.17) is 11.0 Å². The lowest BCUT2D eigenvalue weighted by Gasteiger charge is -2.01. The summed E-state index contributed by atoms with van der Waals surface area (Å²) in [7, 11) is 0. The van der Waals surface area contributed by atoms with Crippen LogP contribution in [0.15, 0.2) is 0 Å². The standard InChI is InChI=1S/C3H9NO2S/c4-3(2-7)1-6-5/h3,5,7H,1-2,4H2. The first kappa shape index (κ1) is 7.23. The Kier molecular flexibility index (Phi) is 4.53. The van der Waals surface area contributed by atoms with Crippen LogP contribution in [0.25, 0.3) is 0 Å². The zero-order valence-electron chi connectivity index (χ0n) is 3.87. The van der Waals surface area contributed by atoms with Crippen molar-refractivity contribution in [3.8, 4) is 0 Å². The molecule has 0 aromatic carbocycles. The van der Waals surface area contributed by atoms with E-state index in [-0.39, 0.29) is 12.6 Å². The monoisotopic (exact) mass is 123 g/mol. The molecule has 0 spiro atoms.